The summed E-state index contributed by atoms with van der Waals surface area (Å²) < 4.78 is 5.57. The average molecular weight is 251 g/mol. The number of fused-ring (bicyclic) bond motifs is 1. The quantitative estimate of drug-likeness (QED) is 0.658. The molecule has 0 saturated heterocycles. The van der Waals surface area contributed by atoms with Gasteiger partial charge in [-0.15, -0.1) is 0 Å². The molecule has 0 bridgehead atoms. The maximum atomic E-state index is 12.1. The predicted molar refractivity (Wildman–Crippen MR) is 72.0 cm³/mol. The van der Waals surface area contributed by atoms with Crippen molar-refractivity contribution in [2.75, 3.05) is 17.2 Å². The van der Waals surface area contributed by atoms with Gasteiger partial charge in [-0.1, -0.05) is 12.1 Å². The van der Waals surface area contributed by atoms with Crippen LogP contribution in [0.3, 0.4) is 0 Å². The summed E-state index contributed by atoms with van der Waals surface area (Å²) in [5.74, 6) is 1.70. The first-order valence-corrected chi connectivity index (χ1v) is 6.55. The minimum Gasteiger partial charge on any atom is -0.479 e. The summed E-state index contributed by atoms with van der Waals surface area (Å²) in [7, 11) is 0. The van der Waals surface area contributed by atoms with E-state index in [-0.39, 0.29) is 12.0 Å². The lowest BCUT2D eigenvalue weighted by atomic mass is 10.1. The highest BCUT2D eigenvalue weighted by Crippen LogP contribution is 2.33. The van der Waals surface area contributed by atoms with Crippen molar-refractivity contribution in [3.63, 3.8) is 0 Å². The van der Waals surface area contributed by atoms with Crippen LogP contribution in [0.1, 0.15) is 19.8 Å². The normalized spacial score (nSPS) is 18.8. The van der Waals surface area contributed by atoms with Crippen molar-refractivity contribution >= 4 is 24.2 Å². The van der Waals surface area contributed by atoms with Gasteiger partial charge in [0.05, 0.1) is 5.69 Å². The minimum atomic E-state index is -0.388. The number of amides is 1. The summed E-state index contributed by atoms with van der Waals surface area (Å²) in [6, 6.07) is 7.69. The molecule has 4 heteroatoms. The number of thiol groups is 1. The van der Waals surface area contributed by atoms with Crippen LogP contribution < -0.4 is 9.64 Å². The maximum absolute atomic E-state index is 12.1. The zero-order valence-corrected chi connectivity index (χ0v) is 10.8. The van der Waals surface area contributed by atoms with Gasteiger partial charge in [-0.3, -0.25) is 4.79 Å². The highest BCUT2D eigenvalue weighted by atomic mass is 32.1. The first-order chi connectivity index (χ1) is 8.24. The molecule has 0 radical (unpaired) electrons. The molecule has 92 valence electrons. The molecule has 1 aromatic carbocycles. The second-order valence-corrected chi connectivity index (χ2v) is 4.60. The molecule has 1 aromatic rings. The summed E-state index contributed by atoms with van der Waals surface area (Å²) in [5, 5.41) is 0. The molecule has 3 nitrogen and oxygen atoms in total. The van der Waals surface area contributed by atoms with E-state index in [9.17, 15) is 4.79 Å². The van der Waals surface area contributed by atoms with Crippen molar-refractivity contribution < 1.29 is 9.53 Å². The molecule has 0 saturated carbocycles. The lowest BCUT2D eigenvalue weighted by Crippen LogP contribution is -2.44. The van der Waals surface area contributed by atoms with Crippen molar-refractivity contribution in [3.05, 3.63) is 24.3 Å². The maximum Gasteiger partial charge on any atom is 0.267 e. The molecule has 0 aromatic heterocycles. The van der Waals surface area contributed by atoms with Crippen LogP contribution in [0.25, 0.3) is 0 Å². The van der Waals surface area contributed by atoms with Gasteiger partial charge in [-0.2, -0.15) is 12.6 Å². The Morgan fingerprint density at radius 2 is 2.12 bits per heavy atom. The van der Waals surface area contributed by atoms with Crippen molar-refractivity contribution in [2.45, 2.75) is 25.9 Å². The fourth-order valence-electron chi connectivity index (χ4n) is 1.97. The Labute approximate surface area is 107 Å². The lowest BCUT2D eigenvalue weighted by Gasteiger charge is -2.32. The predicted octanol–water partition coefficient (Wildman–Crippen LogP) is 2.51. The van der Waals surface area contributed by atoms with E-state index in [4.69, 9.17) is 4.74 Å². The molecule has 1 aliphatic rings. The number of rotatable bonds is 4. The van der Waals surface area contributed by atoms with E-state index >= 15 is 0 Å². The summed E-state index contributed by atoms with van der Waals surface area (Å²) >= 11 is 4.19. The topological polar surface area (TPSA) is 29.5 Å². The van der Waals surface area contributed by atoms with Gasteiger partial charge in [0.25, 0.3) is 5.91 Å². The van der Waals surface area contributed by atoms with Crippen LogP contribution in [-0.2, 0) is 4.79 Å². The molecule has 0 N–H and O–H groups in total. The van der Waals surface area contributed by atoms with E-state index in [1.54, 1.807) is 6.92 Å². The van der Waals surface area contributed by atoms with E-state index in [2.05, 4.69) is 12.6 Å². The van der Waals surface area contributed by atoms with Crippen molar-refractivity contribution in [1.82, 2.24) is 0 Å². The van der Waals surface area contributed by atoms with Gasteiger partial charge in [0.15, 0.2) is 6.10 Å². The van der Waals surface area contributed by atoms with Gasteiger partial charge < -0.3 is 9.64 Å². The Hall–Kier alpha value is -1.16. The number of hydrogen-bond acceptors (Lipinski definition) is 3. The van der Waals surface area contributed by atoms with Crippen LogP contribution in [-0.4, -0.2) is 24.3 Å². The zero-order chi connectivity index (χ0) is 12.3. The van der Waals surface area contributed by atoms with Crippen LogP contribution in [0.15, 0.2) is 24.3 Å². The molecular formula is C13H17NO2S. The number of ether oxygens (including phenoxy) is 1. The van der Waals surface area contributed by atoms with Crippen molar-refractivity contribution in [1.29, 1.82) is 0 Å². The standard InChI is InChI=1S/C13H17NO2S/c1-10-13(15)14(8-4-5-9-17)11-6-2-3-7-12(11)16-10/h2-3,6-7,10,17H,4-5,8-9H2,1H3. The number of benzene rings is 1. The van der Waals surface area contributed by atoms with Crippen LogP contribution >= 0.6 is 12.6 Å². The molecule has 1 amide bonds. The Balaban J connectivity index is 2.20. The third kappa shape index (κ3) is 2.57. The number of carbonyl (C=O) groups is 1. The molecule has 0 aliphatic carbocycles. The van der Waals surface area contributed by atoms with E-state index in [0.29, 0.717) is 0 Å². The Morgan fingerprint density at radius 3 is 2.88 bits per heavy atom. The molecule has 1 unspecified atom stereocenters. The number of unbranched alkanes of at least 4 members (excludes halogenated alkanes) is 1. The zero-order valence-electron chi connectivity index (χ0n) is 9.93. The molecular weight excluding hydrogens is 234 g/mol. The number of para-hydroxylation sites is 2. The van der Waals surface area contributed by atoms with Crippen LogP contribution in [0.2, 0.25) is 0 Å². The van der Waals surface area contributed by atoms with Crippen LogP contribution in [0.5, 0.6) is 5.75 Å². The van der Waals surface area contributed by atoms with Gasteiger partial charge in [-0.05, 0) is 37.7 Å². The molecule has 0 fully saturated rings. The molecule has 1 heterocycles. The summed E-state index contributed by atoms with van der Waals surface area (Å²) in [5.41, 5.74) is 0.884. The van der Waals surface area contributed by atoms with E-state index < -0.39 is 0 Å². The highest BCUT2D eigenvalue weighted by molar-refractivity contribution is 7.80. The second-order valence-electron chi connectivity index (χ2n) is 4.15. The van der Waals surface area contributed by atoms with E-state index in [1.165, 1.54) is 0 Å². The highest BCUT2D eigenvalue weighted by Gasteiger charge is 2.30. The largest absolute Gasteiger partial charge is 0.479 e. The van der Waals surface area contributed by atoms with Crippen LogP contribution in [0.4, 0.5) is 5.69 Å². The Morgan fingerprint density at radius 1 is 1.35 bits per heavy atom. The number of nitrogens with zero attached hydrogens (tertiary/aromatic N) is 1. The summed E-state index contributed by atoms with van der Waals surface area (Å²) in [6.07, 6.45) is 1.60. The van der Waals surface area contributed by atoms with Gasteiger partial charge in [-0.25, -0.2) is 0 Å². The van der Waals surface area contributed by atoms with Crippen LogP contribution in [0, 0.1) is 0 Å². The molecule has 17 heavy (non-hydrogen) atoms. The van der Waals surface area contributed by atoms with Gasteiger partial charge in [0, 0.05) is 6.54 Å². The smallest absolute Gasteiger partial charge is 0.267 e. The summed E-state index contributed by atoms with van der Waals surface area (Å²) in [4.78, 5) is 13.9. The fourth-order valence-corrected chi connectivity index (χ4v) is 2.19. The third-order valence-electron chi connectivity index (χ3n) is 2.86. The van der Waals surface area contributed by atoms with E-state index in [0.717, 1.165) is 36.6 Å². The fraction of sp³-hybridized carbons (Fsp3) is 0.462. The molecule has 1 aliphatic heterocycles. The van der Waals surface area contributed by atoms with Crippen molar-refractivity contribution in [2.24, 2.45) is 0 Å². The number of carbonyl (C=O) groups excluding carboxylic acids is 1. The Bertz CT molecular complexity index is 408. The Kier molecular flexibility index (Phi) is 3.94. The SMILES string of the molecule is CC1Oc2ccccc2N(CCCCS)C1=O. The lowest BCUT2D eigenvalue weighted by molar-refractivity contribution is -0.125. The first-order valence-electron chi connectivity index (χ1n) is 5.92. The van der Waals surface area contributed by atoms with Gasteiger partial charge in [0.1, 0.15) is 5.75 Å². The number of anilines is 1. The van der Waals surface area contributed by atoms with E-state index in [1.807, 2.05) is 29.2 Å². The minimum absolute atomic E-state index is 0.0443. The molecule has 0 spiro atoms. The number of hydrogen-bond donors (Lipinski definition) is 1. The third-order valence-corrected chi connectivity index (χ3v) is 3.18. The average Bonchev–Trinajstić information content (AvgIpc) is 2.34. The molecule has 1 atom stereocenters. The first kappa shape index (κ1) is 12.3. The monoisotopic (exact) mass is 251 g/mol. The van der Waals surface area contributed by atoms with Gasteiger partial charge >= 0.3 is 0 Å². The van der Waals surface area contributed by atoms with Gasteiger partial charge in [0.2, 0.25) is 0 Å². The summed E-state index contributed by atoms with van der Waals surface area (Å²) in [6.45, 7) is 2.54. The second kappa shape index (κ2) is 5.45. The molecule has 2 rings (SSSR count). The van der Waals surface area contributed by atoms with Crippen molar-refractivity contribution in [3.8, 4) is 5.75 Å².